The molecule has 4 rings (SSSR count). The molecule has 0 radical (unpaired) electrons. The molecule has 2 heteroatoms. The molecule has 0 saturated heterocycles. The summed E-state index contributed by atoms with van der Waals surface area (Å²) < 4.78 is 5.87. The molecule has 0 aromatic heterocycles. The van der Waals surface area contributed by atoms with E-state index in [9.17, 15) is 4.79 Å². The molecule has 7 atom stereocenters. The van der Waals surface area contributed by atoms with Gasteiger partial charge in [-0.2, -0.15) is 0 Å². The molecule has 0 heterocycles. The molecule has 2 nitrogen and oxygen atoms in total. The average Bonchev–Trinajstić information content (AvgIpc) is 3.01. The van der Waals surface area contributed by atoms with Gasteiger partial charge in [-0.1, -0.05) is 64.3 Å². The molecule has 0 amide bonds. The largest absolute Gasteiger partial charge is 0.462 e. The van der Waals surface area contributed by atoms with Gasteiger partial charge in [0, 0.05) is 12.3 Å². The van der Waals surface area contributed by atoms with Crippen LogP contribution in [0.15, 0.2) is 22.8 Å². The third-order valence-corrected chi connectivity index (χ3v) is 11.9. The first-order valence-corrected chi connectivity index (χ1v) is 14.3. The molecule has 0 bridgehead atoms. The van der Waals surface area contributed by atoms with Gasteiger partial charge in [0.25, 0.3) is 0 Å². The highest BCUT2D eigenvalue weighted by atomic mass is 16.5. The summed E-state index contributed by atoms with van der Waals surface area (Å²) in [6, 6.07) is 0. The Labute approximate surface area is 210 Å². The highest BCUT2D eigenvalue weighted by Crippen LogP contribution is 2.72. The van der Waals surface area contributed by atoms with E-state index in [4.69, 9.17) is 4.74 Å². The Morgan fingerprint density at radius 2 is 1.68 bits per heavy atom. The summed E-state index contributed by atoms with van der Waals surface area (Å²) >= 11 is 0. The van der Waals surface area contributed by atoms with Crippen LogP contribution in [0.2, 0.25) is 0 Å². The normalized spacial score (nSPS) is 41.7. The van der Waals surface area contributed by atoms with Gasteiger partial charge in [-0.05, 0) is 112 Å². The van der Waals surface area contributed by atoms with E-state index < -0.39 is 0 Å². The zero-order valence-corrected chi connectivity index (χ0v) is 23.8. The van der Waals surface area contributed by atoms with Crippen LogP contribution in [0.4, 0.5) is 0 Å². The number of hydrogen-bond acceptors (Lipinski definition) is 2. The van der Waals surface area contributed by atoms with Crippen LogP contribution in [-0.2, 0) is 9.53 Å². The number of carbonyl (C=O) groups excluding carboxylic acids is 1. The van der Waals surface area contributed by atoms with Gasteiger partial charge in [-0.25, -0.2) is 0 Å². The average molecular weight is 469 g/mol. The summed E-state index contributed by atoms with van der Waals surface area (Å²) in [5.41, 5.74) is 6.25. The molecular weight excluding hydrogens is 416 g/mol. The fourth-order valence-electron chi connectivity index (χ4n) is 9.86. The number of ether oxygens (including phenoxy) is 1. The molecule has 192 valence electrons. The van der Waals surface area contributed by atoms with Gasteiger partial charge in [0.1, 0.15) is 6.10 Å². The Hall–Kier alpha value is -1.05. The van der Waals surface area contributed by atoms with Crippen molar-refractivity contribution in [3.05, 3.63) is 22.8 Å². The van der Waals surface area contributed by atoms with Crippen LogP contribution in [0.5, 0.6) is 0 Å². The number of fused-ring (bicyclic) bond motifs is 4. The first-order chi connectivity index (χ1) is 15.8. The van der Waals surface area contributed by atoms with Crippen molar-refractivity contribution < 1.29 is 9.53 Å². The van der Waals surface area contributed by atoms with Crippen molar-refractivity contribution in [3.8, 4) is 0 Å². The Bertz CT molecular complexity index is 873. The summed E-state index contributed by atoms with van der Waals surface area (Å²) in [4.78, 5) is 11.8. The topological polar surface area (TPSA) is 26.3 Å². The fraction of sp³-hybridized carbons (Fsp3) is 0.844. The fourth-order valence-corrected chi connectivity index (χ4v) is 9.86. The second-order valence-electron chi connectivity index (χ2n) is 14.2. The lowest BCUT2D eigenvalue weighted by Crippen LogP contribution is -2.55. The maximum atomic E-state index is 11.8. The minimum absolute atomic E-state index is 0.0382. The van der Waals surface area contributed by atoms with Crippen LogP contribution in [0, 0.1) is 39.4 Å². The van der Waals surface area contributed by atoms with E-state index in [1.54, 1.807) is 6.92 Å². The van der Waals surface area contributed by atoms with Crippen molar-refractivity contribution in [2.45, 2.75) is 133 Å². The number of hydrogen-bond donors (Lipinski definition) is 0. The molecule has 0 spiro atoms. The summed E-state index contributed by atoms with van der Waals surface area (Å²) in [5, 5.41) is 0. The monoisotopic (exact) mass is 468 g/mol. The number of rotatable bonds is 5. The quantitative estimate of drug-likeness (QED) is 0.297. The summed E-state index contributed by atoms with van der Waals surface area (Å²) in [7, 11) is 0. The van der Waals surface area contributed by atoms with Crippen LogP contribution < -0.4 is 0 Å². The van der Waals surface area contributed by atoms with E-state index in [0.29, 0.717) is 16.7 Å². The van der Waals surface area contributed by atoms with Crippen LogP contribution >= 0.6 is 0 Å². The first-order valence-electron chi connectivity index (χ1n) is 14.3. The van der Waals surface area contributed by atoms with Crippen molar-refractivity contribution in [3.63, 3.8) is 0 Å². The molecular formula is C32H52O2. The smallest absolute Gasteiger partial charge is 0.302 e. The molecule has 4 aliphatic rings. The minimum Gasteiger partial charge on any atom is -0.462 e. The Balaban J connectivity index is 1.63. The van der Waals surface area contributed by atoms with Gasteiger partial charge in [-0.3, -0.25) is 4.79 Å². The predicted molar refractivity (Wildman–Crippen MR) is 142 cm³/mol. The number of allylic oxidation sites excluding steroid dienone is 4. The molecule has 0 aromatic rings. The Morgan fingerprint density at radius 3 is 2.32 bits per heavy atom. The summed E-state index contributed by atoms with van der Waals surface area (Å²) in [6.45, 7) is 21.2. The first kappa shape index (κ1) is 26.0. The highest BCUT2D eigenvalue weighted by Gasteiger charge is 2.63. The molecule has 34 heavy (non-hydrogen) atoms. The zero-order chi connectivity index (χ0) is 25.1. The van der Waals surface area contributed by atoms with Crippen LogP contribution in [0.1, 0.15) is 127 Å². The lowest BCUT2D eigenvalue weighted by atomic mass is 9.43. The maximum Gasteiger partial charge on any atom is 0.302 e. The molecule has 2 fully saturated rings. The van der Waals surface area contributed by atoms with E-state index in [2.05, 4.69) is 61.5 Å². The minimum atomic E-state index is -0.117. The Kier molecular flexibility index (Phi) is 6.74. The van der Waals surface area contributed by atoms with E-state index in [1.165, 1.54) is 63.4 Å². The molecule has 4 unspecified atom stereocenters. The van der Waals surface area contributed by atoms with Crippen LogP contribution in [0.3, 0.4) is 0 Å². The molecule has 0 aliphatic heterocycles. The second-order valence-corrected chi connectivity index (χ2v) is 14.2. The van der Waals surface area contributed by atoms with E-state index >= 15 is 0 Å². The predicted octanol–water partition coefficient (Wildman–Crippen LogP) is 9.05. The zero-order valence-electron chi connectivity index (χ0n) is 23.8. The highest BCUT2D eigenvalue weighted by molar-refractivity contribution is 5.66. The SMILES string of the molecule is CC(=O)OC1CC[C@]2(C)C3=C(CCC2C1(C)C)[C@]1(C)CCC(C(C)CCC=C(C)C)[C@@]1(C)CC3. The standard InChI is InChI=1S/C32H52O2/c1-21(2)11-10-12-22(3)24-15-19-32(9)26-13-14-27-29(5,6)28(34-23(4)33)17-18-30(27,7)25(26)16-20-31(24,32)8/h11,22,24,27-28H,10,12-20H2,1-9H3/t22?,24?,27?,28?,30-,31-,32+/m1/s1. The summed E-state index contributed by atoms with van der Waals surface area (Å²) in [6.07, 6.45) is 15.2. The van der Waals surface area contributed by atoms with Crippen molar-refractivity contribution in [2.75, 3.05) is 0 Å². The van der Waals surface area contributed by atoms with Gasteiger partial charge in [-0.15, -0.1) is 0 Å². The lowest BCUT2D eigenvalue weighted by molar-refractivity contribution is -0.167. The van der Waals surface area contributed by atoms with Crippen molar-refractivity contribution in [2.24, 2.45) is 39.4 Å². The van der Waals surface area contributed by atoms with Crippen molar-refractivity contribution in [1.29, 1.82) is 0 Å². The summed E-state index contributed by atoms with van der Waals surface area (Å²) in [5.74, 6) is 2.13. The molecule has 4 aliphatic carbocycles. The van der Waals surface area contributed by atoms with Crippen molar-refractivity contribution >= 4 is 5.97 Å². The number of esters is 1. The molecule has 2 saturated carbocycles. The van der Waals surface area contributed by atoms with E-state index in [-0.39, 0.29) is 22.9 Å². The van der Waals surface area contributed by atoms with Crippen LogP contribution in [-0.4, -0.2) is 12.1 Å². The van der Waals surface area contributed by atoms with E-state index in [1.807, 2.05) is 11.1 Å². The van der Waals surface area contributed by atoms with Gasteiger partial charge >= 0.3 is 5.97 Å². The maximum absolute atomic E-state index is 11.8. The van der Waals surface area contributed by atoms with Gasteiger partial charge < -0.3 is 4.74 Å². The van der Waals surface area contributed by atoms with E-state index in [0.717, 1.165) is 18.3 Å². The number of carbonyl (C=O) groups is 1. The third kappa shape index (κ3) is 3.85. The Morgan fingerprint density at radius 1 is 0.971 bits per heavy atom. The van der Waals surface area contributed by atoms with Gasteiger partial charge in [0.2, 0.25) is 0 Å². The van der Waals surface area contributed by atoms with Crippen molar-refractivity contribution in [1.82, 2.24) is 0 Å². The lowest BCUT2D eigenvalue weighted by Gasteiger charge is -2.62. The van der Waals surface area contributed by atoms with Crippen LogP contribution in [0.25, 0.3) is 0 Å². The third-order valence-electron chi connectivity index (χ3n) is 11.9. The molecule has 0 aromatic carbocycles. The molecule has 0 N–H and O–H groups in total. The van der Waals surface area contributed by atoms with Gasteiger partial charge in [0.05, 0.1) is 0 Å². The van der Waals surface area contributed by atoms with Gasteiger partial charge in [0.15, 0.2) is 0 Å². The second kappa shape index (κ2) is 8.81.